The molecule has 0 aromatic heterocycles. The van der Waals surface area contributed by atoms with Gasteiger partial charge in [-0.15, -0.1) is 0 Å². The summed E-state index contributed by atoms with van der Waals surface area (Å²) in [6, 6.07) is 5.22. The average Bonchev–Trinajstić information content (AvgIpc) is 2.89. The van der Waals surface area contributed by atoms with Crippen LogP contribution in [0.15, 0.2) is 29.4 Å². The summed E-state index contributed by atoms with van der Waals surface area (Å²) in [6.45, 7) is 2.02. The molecular weight excluding hydrogens is 337 g/mol. The van der Waals surface area contributed by atoms with Gasteiger partial charge in [0.2, 0.25) is 0 Å². The van der Waals surface area contributed by atoms with Crippen LogP contribution in [-0.4, -0.2) is 38.7 Å². The van der Waals surface area contributed by atoms with Gasteiger partial charge in [-0.2, -0.15) is 23.3 Å². The third-order valence-electron chi connectivity index (χ3n) is 4.14. The van der Waals surface area contributed by atoms with E-state index >= 15 is 0 Å². The zero-order valence-corrected chi connectivity index (χ0v) is 13.9. The van der Waals surface area contributed by atoms with E-state index in [1.807, 2.05) is 6.92 Å². The number of para-hydroxylation sites is 1. The van der Waals surface area contributed by atoms with Gasteiger partial charge in [0, 0.05) is 12.1 Å². The van der Waals surface area contributed by atoms with Gasteiger partial charge in [-0.25, -0.2) is 0 Å². The maximum Gasteiger partial charge on any atom is 0.438 e. The lowest BCUT2D eigenvalue weighted by Gasteiger charge is -2.32. The van der Waals surface area contributed by atoms with Crippen LogP contribution < -0.4 is 0 Å². The average molecular weight is 358 g/mol. The number of rotatable bonds is 6. The zero-order chi connectivity index (χ0) is 18.7. The number of carbonyl (C=O) groups excluding carboxylic acids is 1. The van der Waals surface area contributed by atoms with Crippen molar-refractivity contribution in [3.05, 3.63) is 29.8 Å². The minimum absolute atomic E-state index is 0.0528. The van der Waals surface area contributed by atoms with Gasteiger partial charge in [0.05, 0.1) is 5.56 Å². The van der Waals surface area contributed by atoms with E-state index in [0.717, 1.165) is 19.3 Å². The summed E-state index contributed by atoms with van der Waals surface area (Å²) < 4.78 is 40.2. The number of aromatic hydroxyl groups is 1. The van der Waals surface area contributed by atoms with Crippen LogP contribution in [0, 0.1) is 0 Å². The molecule has 0 radical (unpaired) electrons. The Morgan fingerprint density at radius 2 is 1.96 bits per heavy atom. The second-order valence-corrected chi connectivity index (χ2v) is 6.10. The Kier molecular flexibility index (Phi) is 5.72. The van der Waals surface area contributed by atoms with E-state index in [4.69, 9.17) is 0 Å². The molecule has 0 bridgehead atoms. The highest BCUT2D eigenvalue weighted by atomic mass is 19.4. The van der Waals surface area contributed by atoms with Crippen LogP contribution in [0.4, 0.5) is 13.2 Å². The minimum atomic E-state index is -5.07. The van der Waals surface area contributed by atoms with Crippen molar-refractivity contribution in [1.29, 1.82) is 0 Å². The van der Waals surface area contributed by atoms with Gasteiger partial charge < -0.3 is 10.2 Å². The number of unbranched alkanes of at least 4 members (excludes halogenated alkanes) is 3. The predicted molar refractivity (Wildman–Crippen MR) is 86.1 cm³/mol. The quantitative estimate of drug-likeness (QED) is 0.760. The largest absolute Gasteiger partial charge is 0.507 e. The Morgan fingerprint density at radius 3 is 2.56 bits per heavy atom. The Balaban J connectivity index is 2.28. The SMILES string of the molecule is CCCCCCC1=NN(C(=O)c2ccccc2O)C(O)(C(F)(F)F)C1. The van der Waals surface area contributed by atoms with Crippen LogP contribution in [0.25, 0.3) is 0 Å². The van der Waals surface area contributed by atoms with Crippen molar-refractivity contribution < 1.29 is 28.2 Å². The molecule has 1 amide bonds. The first-order valence-corrected chi connectivity index (χ1v) is 8.18. The first kappa shape index (κ1) is 19.2. The molecule has 8 heteroatoms. The Hall–Kier alpha value is -2.09. The summed E-state index contributed by atoms with van der Waals surface area (Å²) in [6.07, 6.45) is -2.15. The molecule has 2 rings (SSSR count). The van der Waals surface area contributed by atoms with Gasteiger partial charge in [-0.05, 0) is 25.0 Å². The fourth-order valence-corrected chi connectivity index (χ4v) is 2.72. The van der Waals surface area contributed by atoms with Crippen LogP contribution in [0.5, 0.6) is 5.75 Å². The van der Waals surface area contributed by atoms with Crippen molar-refractivity contribution in [1.82, 2.24) is 5.01 Å². The molecule has 138 valence electrons. The van der Waals surface area contributed by atoms with E-state index in [9.17, 15) is 28.2 Å². The predicted octanol–water partition coefficient (Wildman–Crippen LogP) is 3.82. The highest BCUT2D eigenvalue weighted by Crippen LogP contribution is 2.42. The molecule has 1 heterocycles. The van der Waals surface area contributed by atoms with E-state index in [-0.39, 0.29) is 22.7 Å². The molecule has 1 atom stereocenters. The number of hydrogen-bond acceptors (Lipinski definition) is 4. The topological polar surface area (TPSA) is 73.1 Å². The van der Waals surface area contributed by atoms with Crippen molar-refractivity contribution in [2.24, 2.45) is 5.10 Å². The lowest BCUT2D eigenvalue weighted by molar-refractivity contribution is -0.297. The standard InChI is InChI=1S/C17H21F3N2O3/c1-2-3-4-5-8-12-11-16(25,17(18,19)20)22(21-12)15(24)13-9-6-7-10-14(13)23/h6-7,9-10,23,25H,2-5,8,11H2,1H3. The molecule has 25 heavy (non-hydrogen) atoms. The third kappa shape index (κ3) is 3.95. The van der Waals surface area contributed by atoms with Gasteiger partial charge in [0.1, 0.15) is 5.75 Å². The fourth-order valence-electron chi connectivity index (χ4n) is 2.72. The number of phenols is 1. The smallest absolute Gasteiger partial charge is 0.438 e. The summed E-state index contributed by atoms with van der Waals surface area (Å²) in [4.78, 5) is 12.5. The number of nitrogens with zero attached hydrogens (tertiary/aromatic N) is 2. The van der Waals surface area contributed by atoms with Crippen molar-refractivity contribution in [3.8, 4) is 5.75 Å². The van der Waals surface area contributed by atoms with Crippen LogP contribution in [0.2, 0.25) is 0 Å². The lowest BCUT2D eigenvalue weighted by Crippen LogP contribution is -2.56. The second-order valence-electron chi connectivity index (χ2n) is 6.10. The van der Waals surface area contributed by atoms with Gasteiger partial charge >= 0.3 is 6.18 Å². The molecule has 0 aliphatic carbocycles. The molecule has 0 saturated heterocycles. The van der Waals surface area contributed by atoms with Crippen molar-refractivity contribution in [2.75, 3.05) is 0 Å². The second kappa shape index (κ2) is 7.43. The maximum atomic E-state index is 13.4. The molecule has 2 N–H and O–H groups in total. The number of carbonyl (C=O) groups is 1. The van der Waals surface area contributed by atoms with E-state index in [2.05, 4.69) is 5.10 Å². The number of hydrogen-bond donors (Lipinski definition) is 2. The summed E-state index contributed by atoms with van der Waals surface area (Å²) in [5.41, 5.74) is -3.62. The fraction of sp³-hybridized carbons (Fsp3) is 0.529. The van der Waals surface area contributed by atoms with E-state index in [1.54, 1.807) is 0 Å². The molecule has 1 aromatic carbocycles. The molecular formula is C17H21F3N2O3. The van der Waals surface area contributed by atoms with Gasteiger partial charge in [-0.1, -0.05) is 38.3 Å². The van der Waals surface area contributed by atoms with E-state index < -0.39 is 30.0 Å². The number of hydrazone groups is 1. The summed E-state index contributed by atoms with van der Waals surface area (Å²) in [7, 11) is 0. The minimum Gasteiger partial charge on any atom is -0.507 e. The number of alkyl halides is 3. The first-order chi connectivity index (χ1) is 11.7. The molecule has 1 aliphatic heterocycles. The van der Waals surface area contributed by atoms with Gasteiger partial charge in [0.25, 0.3) is 11.6 Å². The third-order valence-corrected chi connectivity index (χ3v) is 4.14. The van der Waals surface area contributed by atoms with Crippen LogP contribution in [0.3, 0.4) is 0 Å². The first-order valence-electron chi connectivity index (χ1n) is 8.18. The summed E-state index contributed by atoms with van der Waals surface area (Å²) >= 11 is 0. The summed E-state index contributed by atoms with van der Waals surface area (Å²) in [5, 5.41) is 23.7. The monoisotopic (exact) mass is 358 g/mol. The van der Waals surface area contributed by atoms with Crippen LogP contribution >= 0.6 is 0 Å². The molecule has 5 nitrogen and oxygen atoms in total. The molecule has 0 saturated carbocycles. The van der Waals surface area contributed by atoms with Crippen molar-refractivity contribution in [3.63, 3.8) is 0 Å². The summed E-state index contributed by atoms with van der Waals surface area (Å²) in [5.74, 6) is -1.66. The Morgan fingerprint density at radius 1 is 1.28 bits per heavy atom. The molecule has 1 unspecified atom stereocenters. The Bertz CT molecular complexity index is 661. The normalized spacial score (nSPS) is 20.7. The molecule has 0 spiro atoms. The number of aliphatic hydroxyl groups is 1. The zero-order valence-electron chi connectivity index (χ0n) is 13.9. The number of phenolic OH excluding ortho intramolecular Hbond substituents is 1. The lowest BCUT2D eigenvalue weighted by atomic mass is 10.0. The Labute approximate surface area is 143 Å². The molecule has 0 fully saturated rings. The number of amides is 1. The van der Waals surface area contributed by atoms with Gasteiger partial charge in [0.15, 0.2) is 0 Å². The molecule has 1 aromatic rings. The maximum absolute atomic E-state index is 13.4. The van der Waals surface area contributed by atoms with Crippen LogP contribution in [-0.2, 0) is 0 Å². The number of halogens is 3. The number of benzene rings is 1. The highest BCUT2D eigenvalue weighted by Gasteiger charge is 2.63. The van der Waals surface area contributed by atoms with Gasteiger partial charge in [-0.3, -0.25) is 4.79 Å². The highest BCUT2D eigenvalue weighted by molar-refractivity contribution is 6.00. The van der Waals surface area contributed by atoms with Crippen molar-refractivity contribution in [2.45, 2.75) is 57.3 Å². The van der Waals surface area contributed by atoms with Crippen molar-refractivity contribution >= 4 is 11.6 Å². The van der Waals surface area contributed by atoms with E-state index in [0.29, 0.717) is 6.42 Å². The van der Waals surface area contributed by atoms with Crippen LogP contribution in [0.1, 0.15) is 55.8 Å². The molecule has 1 aliphatic rings. The van der Waals surface area contributed by atoms with E-state index in [1.165, 1.54) is 24.3 Å².